The number of rotatable bonds is 12. The van der Waals surface area contributed by atoms with Crippen LogP contribution in [0.25, 0.3) is 0 Å². The van der Waals surface area contributed by atoms with Crippen LogP contribution < -0.4 is 20.5 Å². The number of hydrogen-bond donors (Lipinski definition) is 4. The van der Waals surface area contributed by atoms with Crippen LogP contribution in [-0.4, -0.2) is 107 Å². The summed E-state index contributed by atoms with van der Waals surface area (Å²) in [4.78, 5) is 55.9. The maximum atomic E-state index is 15.5. The third-order valence-electron chi connectivity index (χ3n) is 8.35. The first-order valence-corrected chi connectivity index (χ1v) is 16.1. The predicted molar refractivity (Wildman–Crippen MR) is 175 cm³/mol. The number of carbonyl (C=O) groups is 4. The van der Waals surface area contributed by atoms with E-state index in [1.807, 2.05) is 13.8 Å². The first kappa shape index (κ1) is 35.2. The van der Waals surface area contributed by atoms with E-state index in [0.29, 0.717) is 57.6 Å². The maximum absolute atomic E-state index is 15.5. The fourth-order valence-corrected chi connectivity index (χ4v) is 6.12. The normalized spacial score (nSPS) is 19.9. The lowest BCUT2D eigenvalue weighted by Gasteiger charge is -2.40. The number of benzene rings is 2. The summed E-state index contributed by atoms with van der Waals surface area (Å²) in [6.45, 7) is 6.59. The molecule has 2 aromatic carbocycles. The molecule has 3 aliphatic heterocycles. The summed E-state index contributed by atoms with van der Waals surface area (Å²) >= 11 is 0. The average Bonchev–Trinajstić information content (AvgIpc) is 3.47. The Morgan fingerprint density at radius 2 is 1.73 bits per heavy atom. The molecule has 2 aromatic rings. The third kappa shape index (κ3) is 8.29. The Morgan fingerprint density at radius 1 is 1.04 bits per heavy atom. The van der Waals surface area contributed by atoms with Crippen molar-refractivity contribution in [2.75, 3.05) is 57.6 Å². The van der Waals surface area contributed by atoms with E-state index in [-0.39, 0.29) is 42.1 Å². The van der Waals surface area contributed by atoms with E-state index in [9.17, 15) is 29.4 Å². The van der Waals surface area contributed by atoms with Gasteiger partial charge in [-0.15, -0.1) is 0 Å². The van der Waals surface area contributed by atoms with Crippen LogP contribution in [-0.2, 0) is 23.9 Å². The van der Waals surface area contributed by atoms with Crippen molar-refractivity contribution < 1.29 is 43.3 Å². The van der Waals surface area contributed by atoms with Gasteiger partial charge in [0.05, 0.1) is 25.2 Å². The third-order valence-corrected chi connectivity index (χ3v) is 8.35. The standard InChI is InChI=1S/C34H41FN6O8/c1-22(2)20-39(24-16-23(18-36-19-24)32(44)38-12-14-48-15-13-38)33(45)31-29(21-49-25-8-4-3-5-9-25)40(27-11-7-6-10-26(27)35)41(37-31)28(34(46)47)17-30(42)43/h3-11,17,22-24,36-37H,12-16,18-21H2,1-2H3,(H,42,43)(H,46,47)/b28-17+/t23-,24+/m1/s1. The van der Waals surface area contributed by atoms with E-state index in [1.165, 1.54) is 18.2 Å². The second-order valence-electron chi connectivity index (χ2n) is 12.3. The van der Waals surface area contributed by atoms with Crippen molar-refractivity contribution in [3.05, 3.63) is 83.6 Å². The van der Waals surface area contributed by atoms with Crippen molar-refractivity contribution >= 4 is 29.4 Å². The number of carboxylic acids is 2. The fraction of sp³-hybridized carbons (Fsp3) is 0.412. The lowest BCUT2D eigenvalue weighted by Crippen LogP contribution is -2.56. The Kier molecular flexibility index (Phi) is 11.4. The molecule has 0 unspecified atom stereocenters. The summed E-state index contributed by atoms with van der Waals surface area (Å²) < 4.78 is 27.0. The monoisotopic (exact) mass is 680 g/mol. The van der Waals surface area contributed by atoms with Gasteiger partial charge in [0.15, 0.2) is 5.70 Å². The van der Waals surface area contributed by atoms with Crippen LogP contribution >= 0.6 is 0 Å². The minimum atomic E-state index is -1.65. The number of piperidine rings is 1. The molecule has 0 spiro atoms. The molecule has 5 rings (SSSR count). The Labute approximate surface area is 283 Å². The first-order valence-electron chi connectivity index (χ1n) is 16.1. The van der Waals surface area contributed by atoms with E-state index in [4.69, 9.17) is 9.47 Å². The molecule has 2 saturated heterocycles. The van der Waals surface area contributed by atoms with E-state index >= 15 is 4.39 Å². The van der Waals surface area contributed by atoms with Crippen molar-refractivity contribution in [3.8, 4) is 5.75 Å². The summed E-state index contributed by atoms with van der Waals surface area (Å²) in [5, 5.41) is 24.9. The number of para-hydroxylation sites is 2. The summed E-state index contributed by atoms with van der Waals surface area (Å²) in [6.07, 6.45) is 0.829. The number of halogens is 1. The highest BCUT2D eigenvalue weighted by molar-refractivity contribution is 5.98. The lowest BCUT2D eigenvalue weighted by molar-refractivity contribution is -0.142. The van der Waals surface area contributed by atoms with Crippen molar-refractivity contribution in [2.45, 2.75) is 26.3 Å². The van der Waals surface area contributed by atoms with Crippen LogP contribution in [0.15, 0.2) is 77.8 Å². The van der Waals surface area contributed by atoms with Crippen LogP contribution in [0.4, 0.5) is 10.1 Å². The number of hydrazine groups is 2. The summed E-state index contributed by atoms with van der Waals surface area (Å²) in [6, 6.07) is 13.7. The molecule has 0 aromatic heterocycles. The van der Waals surface area contributed by atoms with Crippen LogP contribution in [0.5, 0.6) is 5.75 Å². The molecule has 4 N–H and O–H groups in total. The molecule has 262 valence electrons. The van der Waals surface area contributed by atoms with Gasteiger partial charge in [-0.25, -0.2) is 19.0 Å². The Balaban J connectivity index is 1.57. The molecule has 15 heteroatoms. The number of anilines is 1. The Morgan fingerprint density at radius 3 is 2.39 bits per heavy atom. The average molecular weight is 681 g/mol. The van der Waals surface area contributed by atoms with Gasteiger partial charge in [0.25, 0.3) is 5.91 Å². The number of carbonyl (C=O) groups excluding carboxylic acids is 2. The van der Waals surface area contributed by atoms with Gasteiger partial charge in [-0.2, -0.15) is 5.12 Å². The van der Waals surface area contributed by atoms with Crippen LogP contribution in [0.1, 0.15) is 20.3 Å². The second-order valence-corrected chi connectivity index (χ2v) is 12.3. The number of carboxylic acid groups (broad SMARTS) is 2. The molecular formula is C34H41FN6O8. The molecule has 0 bridgehead atoms. The zero-order chi connectivity index (χ0) is 35.1. The van der Waals surface area contributed by atoms with Crippen LogP contribution in [0.3, 0.4) is 0 Å². The van der Waals surface area contributed by atoms with Gasteiger partial charge in [-0.1, -0.05) is 44.2 Å². The molecule has 0 radical (unpaired) electrons. The highest BCUT2D eigenvalue weighted by atomic mass is 19.1. The van der Waals surface area contributed by atoms with Gasteiger partial charge in [0.1, 0.15) is 35.3 Å². The molecular weight excluding hydrogens is 639 g/mol. The summed E-state index contributed by atoms with van der Waals surface area (Å²) in [5.41, 5.74) is 1.75. The van der Waals surface area contributed by atoms with Crippen LogP contribution in [0, 0.1) is 17.7 Å². The van der Waals surface area contributed by atoms with Gasteiger partial charge in [0.2, 0.25) is 5.91 Å². The number of ether oxygens (including phenoxy) is 2. The van der Waals surface area contributed by atoms with Gasteiger partial charge in [-0.3, -0.25) is 15.0 Å². The first-order chi connectivity index (χ1) is 23.5. The van der Waals surface area contributed by atoms with Crippen molar-refractivity contribution in [1.82, 2.24) is 25.7 Å². The minimum Gasteiger partial charge on any atom is -0.487 e. The van der Waals surface area contributed by atoms with E-state index in [1.54, 1.807) is 40.1 Å². The fourth-order valence-electron chi connectivity index (χ4n) is 6.12. The zero-order valence-corrected chi connectivity index (χ0v) is 27.4. The number of morpholine rings is 1. The van der Waals surface area contributed by atoms with E-state index < -0.39 is 41.3 Å². The quantitative estimate of drug-likeness (QED) is 0.242. The second kappa shape index (κ2) is 15.8. The maximum Gasteiger partial charge on any atom is 0.356 e. The number of aliphatic carboxylic acids is 2. The molecule has 2 atom stereocenters. The Hall–Kier alpha value is -5.15. The van der Waals surface area contributed by atoms with E-state index in [0.717, 1.165) is 16.2 Å². The molecule has 14 nitrogen and oxygen atoms in total. The number of nitrogens with one attached hydrogen (secondary N) is 2. The summed E-state index contributed by atoms with van der Waals surface area (Å²) in [5.74, 6) is -4.54. The van der Waals surface area contributed by atoms with Gasteiger partial charge in [-0.05, 0) is 36.6 Å². The zero-order valence-electron chi connectivity index (χ0n) is 27.4. The van der Waals surface area contributed by atoms with Crippen molar-refractivity contribution in [1.29, 1.82) is 0 Å². The van der Waals surface area contributed by atoms with E-state index in [2.05, 4.69) is 10.7 Å². The minimum absolute atomic E-state index is 0.00875. The number of amides is 2. The van der Waals surface area contributed by atoms with Crippen molar-refractivity contribution in [2.24, 2.45) is 11.8 Å². The van der Waals surface area contributed by atoms with Gasteiger partial charge < -0.3 is 34.8 Å². The Bertz CT molecular complexity index is 1600. The van der Waals surface area contributed by atoms with Gasteiger partial charge >= 0.3 is 11.9 Å². The van der Waals surface area contributed by atoms with Crippen LogP contribution in [0.2, 0.25) is 0 Å². The van der Waals surface area contributed by atoms with Gasteiger partial charge in [0, 0.05) is 38.8 Å². The molecule has 49 heavy (non-hydrogen) atoms. The predicted octanol–water partition coefficient (Wildman–Crippen LogP) is 2.03. The molecule has 0 saturated carbocycles. The molecule has 2 fully saturated rings. The molecule has 0 aliphatic carbocycles. The largest absolute Gasteiger partial charge is 0.487 e. The highest BCUT2D eigenvalue weighted by Gasteiger charge is 2.43. The molecule has 2 amide bonds. The lowest BCUT2D eigenvalue weighted by atomic mass is 9.92. The highest BCUT2D eigenvalue weighted by Crippen LogP contribution is 2.34. The molecule has 3 aliphatic rings. The van der Waals surface area contributed by atoms with Crippen molar-refractivity contribution in [3.63, 3.8) is 0 Å². The number of nitrogens with zero attached hydrogens (tertiary/aromatic N) is 4. The SMILES string of the molecule is CC(C)CN(C(=O)C1=C(COc2ccccc2)N(c2ccccc2F)N(/C(=C/C(=O)O)C(=O)O)N1)[C@@H]1CNC[C@H](C(=O)N2CCOCC2)C1. The topological polar surface area (TPSA) is 164 Å². The smallest absolute Gasteiger partial charge is 0.356 e. The number of hydrogen-bond acceptors (Lipinski definition) is 10. The summed E-state index contributed by atoms with van der Waals surface area (Å²) in [7, 11) is 0. The molecule has 3 heterocycles.